The highest BCUT2D eigenvalue weighted by Crippen LogP contribution is 2.05. The van der Waals surface area contributed by atoms with Gasteiger partial charge in [-0.15, -0.1) is 0 Å². The second-order valence-corrected chi connectivity index (χ2v) is 5.09. The summed E-state index contributed by atoms with van der Waals surface area (Å²) in [5.74, 6) is 2.54. The van der Waals surface area contributed by atoms with Gasteiger partial charge in [0.1, 0.15) is 12.3 Å². The maximum absolute atomic E-state index is 5.27. The van der Waals surface area contributed by atoms with Crippen molar-refractivity contribution in [3.63, 3.8) is 0 Å². The lowest BCUT2D eigenvalue weighted by molar-refractivity contribution is 0.511. The second kappa shape index (κ2) is 9.48. The normalized spacial score (nSPS) is 11.9. The Balaban J connectivity index is 2.25. The first-order valence-corrected chi connectivity index (χ1v) is 7.27. The fourth-order valence-corrected chi connectivity index (χ4v) is 1.79. The lowest BCUT2D eigenvalue weighted by Gasteiger charge is -2.11. The molecular formula is C15H27N3O. The van der Waals surface area contributed by atoms with Crippen LogP contribution in [0.1, 0.15) is 45.8 Å². The van der Waals surface area contributed by atoms with Crippen LogP contribution < -0.4 is 10.6 Å². The number of furan rings is 1. The topological polar surface area (TPSA) is 49.6 Å². The van der Waals surface area contributed by atoms with Gasteiger partial charge in [-0.25, -0.2) is 4.99 Å². The summed E-state index contributed by atoms with van der Waals surface area (Å²) in [6.45, 7) is 9.02. The van der Waals surface area contributed by atoms with E-state index in [9.17, 15) is 0 Å². The predicted molar refractivity (Wildman–Crippen MR) is 80.2 cm³/mol. The molecule has 108 valence electrons. The molecule has 1 aromatic rings. The quantitative estimate of drug-likeness (QED) is 0.431. The van der Waals surface area contributed by atoms with Crippen molar-refractivity contribution in [2.75, 3.05) is 13.1 Å². The number of nitrogens with zero attached hydrogens (tertiary/aromatic N) is 1. The van der Waals surface area contributed by atoms with Crippen molar-refractivity contribution in [2.45, 2.75) is 46.6 Å². The Morgan fingerprint density at radius 1 is 1.32 bits per heavy atom. The SMILES string of the molecule is CCNC(=NCc1ccco1)NCCCCC(C)C. The van der Waals surface area contributed by atoms with Gasteiger partial charge in [0.15, 0.2) is 5.96 Å². The van der Waals surface area contributed by atoms with Crippen LogP contribution in [0.25, 0.3) is 0 Å². The molecule has 0 aliphatic rings. The Kier molecular flexibility index (Phi) is 7.78. The van der Waals surface area contributed by atoms with Gasteiger partial charge in [0.2, 0.25) is 0 Å². The highest BCUT2D eigenvalue weighted by molar-refractivity contribution is 5.79. The van der Waals surface area contributed by atoms with E-state index in [0.717, 1.165) is 30.7 Å². The summed E-state index contributed by atoms with van der Waals surface area (Å²) in [4.78, 5) is 4.49. The lowest BCUT2D eigenvalue weighted by Crippen LogP contribution is -2.37. The number of hydrogen-bond acceptors (Lipinski definition) is 2. The zero-order chi connectivity index (χ0) is 13.9. The van der Waals surface area contributed by atoms with Gasteiger partial charge in [0, 0.05) is 13.1 Å². The van der Waals surface area contributed by atoms with Crippen LogP contribution in [0.4, 0.5) is 0 Å². The largest absolute Gasteiger partial charge is 0.467 e. The van der Waals surface area contributed by atoms with Gasteiger partial charge in [0.25, 0.3) is 0 Å². The van der Waals surface area contributed by atoms with Gasteiger partial charge in [-0.05, 0) is 31.4 Å². The summed E-state index contributed by atoms with van der Waals surface area (Å²) in [5, 5.41) is 6.60. The third kappa shape index (κ3) is 7.54. The van der Waals surface area contributed by atoms with Crippen LogP contribution in [-0.2, 0) is 6.54 Å². The van der Waals surface area contributed by atoms with Crippen LogP contribution in [0.5, 0.6) is 0 Å². The summed E-state index contributed by atoms with van der Waals surface area (Å²) >= 11 is 0. The fourth-order valence-electron chi connectivity index (χ4n) is 1.79. The molecule has 1 rings (SSSR count). The average Bonchev–Trinajstić information content (AvgIpc) is 2.88. The molecule has 1 heterocycles. The van der Waals surface area contributed by atoms with Gasteiger partial charge >= 0.3 is 0 Å². The Morgan fingerprint density at radius 3 is 2.79 bits per heavy atom. The van der Waals surface area contributed by atoms with E-state index in [-0.39, 0.29) is 0 Å². The maximum Gasteiger partial charge on any atom is 0.191 e. The predicted octanol–water partition coefficient (Wildman–Crippen LogP) is 3.16. The van der Waals surface area contributed by atoms with Gasteiger partial charge in [-0.1, -0.05) is 26.7 Å². The van der Waals surface area contributed by atoms with E-state index in [4.69, 9.17) is 4.42 Å². The monoisotopic (exact) mass is 265 g/mol. The van der Waals surface area contributed by atoms with Gasteiger partial charge in [-0.3, -0.25) is 0 Å². The van der Waals surface area contributed by atoms with Gasteiger partial charge < -0.3 is 15.1 Å². The molecule has 4 heteroatoms. The molecule has 0 spiro atoms. The minimum Gasteiger partial charge on any atom is -0.467 e. The van der Waals surface area contributed by atoms with Crippen LogP contribution in [-0.4, -0.2) is 19.0 Å². The molecule has 2 N–H and O–H groups in total. The van der Waals surface area contributed by atoms with Crippen molar-refractivity contribution in [3.8, 4) is 0 Å². The summed E-state index contributed by atoms with van der Waals surface area (Å²) in [6, 6.07) is 3.83. The van der Waals surface area contributed by atoms with E-state index in [2.05, 4.69) is 36.4 Å². The average molecular weight is 265 g/mol. The number of guanidine groups is 1. The summed E-state index contributed by atoms with van der Waals surface area (Å²) < 4.78 is 5.27. The molecule has 4 nitrogen and oxygen atoms in total. The van der Waals surface area contributed by atoms with Crippen molar-refractivity contribution >= 4 is 5.96 Å². The molecule has 0 aromatic carbocycles. The molecule has 0 amide bonds. The first-order chi connectivity index (χ1) is 9.22. The first-order valence-electron chi connectivity index (χ1n) is 7.27. The summed E-state index contributed by atoms with van der Waals surface area (Å²) in [7, 11) is 0. The number of hydrogen-bond donors (Lipinski definition) is 2. The molecule has 0 saturated carbocycles. The molecule has 0 bridgehead atoms. The summed E-state index contributed by atoms with van der Waals surface area (Å²) in [6.07, 6.45) is 5.42. The number of rotatable bonds is 8. The lowest BCUT2D eigenvalue weighted by atomic mass is 10.1. The fraction of sp³-hybridized carbons (Fsp3) is 0.667. The van der Waals surface area contributed by atoms with Crippen molar-refractivity contribution in [3.05, 3.63) is 24.2 Å². The smallest absolute Gasteiger partial charge is 0.191 e. The molecule has 1 aromatic heterocycles. The summed E-state index contributed by atoms with van der Waals surface area (Å²) in [5.41, 5.74) is 0. The molecule has 0 atom stereocenters. The molecular weight excluding hydrogens is 238 g/mol. The molecule has 0 fully saturated rings. The van der Waals surface area contributed by atoms with Crippen molar-refractivity contribution in [1.82, 2.24) is 10.6 Å². The van der Waals surface area contributed by atoms with E-state index < -0.39 is 0 Å². The third-order valence-corrected chi connectivity index (χ3v) is 2.82. The van der Waals surface area contributed by atoms with Gasteiger partial charge in [0.05, 0.1) is 6.26 Å². The van der Waals surface area contributed by atoms with E-state index in [0.29, 0.717) is 6.54 Å². The highest BCUT2D eigenvalue weighted by Gasteiger charge is 1.99. The zero-order valence-electron chi connectivity index (χ0n) is 12.4. The molecule has 0 radical (unpaired) electrons. The van der Waals surface area contributed by atoms with Crippen LogP contribution >= 0.6 is 0 Å². The van der Waals surface area contributed by atoms with Crippen molar-refractivity contribution in [2.24, 2.45) is 10.9 Å². The Labute approximate surface area is 116 Å². The molecule has 19 heavy (non-hydrogen) atoms. The van der Waals surface area contributed by atoms with E-state index in [1.807, 2.05) is 12.1 Å². The van der Waals surface area contributed by atoms with Crippen molar-refractivity contribution < 1.29 is 4.42 Å². The maximum atomic E-state index is 5.27. The Hall–Kier alpha value is -1.45. The van der Waals surface area contributed by atoms with E-state index in [1.54, 1.807) is 6.26 Å². The Bertz CT molecular complexity index is 344. The van der Waals surface area contributed by atoms with Crippen LogP contribution in [0.2, 0.25) is 0 Å². The van der Waals surface area contributed by atoms with E-state index in [1.165, 1.54) is 19.3 Å². The number of unbranched alkanes of at least 4 members (excludes halogenated alkanes) is 1. The van der Waals surface area contributed by atoms with E-state index >= 15 is 0 Å². The second-order valence-electron chi connectivity index (χ2n) is 5.09. The zero-order valence-corrected chi connectivity index (χ0v) is 12.4. The molecule has 0 aliphatic carbocycles. The minimum absolute atomic E-state index is 0.578. The molecule has 0 aliphatic heterocycles. The Morgan fingerprint density at radius 2 is 2.16 bits per heavy atom. The molecule has 0 unspecified atom stereocenters. The number of aliphatic imine (C=N–C) groups is 1. The molecule has 0 saturated heterocycles. The highest BCUT2D eigenvalue weighted by atomic mass is 16.3. The van der Waals surface area contributed by atoms with Crippen LogP contribution in [0.15, 0.2) is 27.8 Å². The van der Waals surface area contributed by atoms with Gasteiger partial charge in [-0.2, -0.15) is 0 Å². The minimum atomic E-state index is 0.578. The standard InChI is InChI=1S/C15H27N3O/c1-4-16-15(17-10-6-5-8-13(2)3)18-12-14-9-7-11-19-14/h7,9,11,13H,4-6,8,10,12H2,1-3H3,(H2,16,17,18). The number of nitrogens with one attached hydrogen (secondary N) is 2. The van der Waals surface area contributed by atoms with Crippen LogP contribution in [0.3, 0.4) is 0 Å². The first kappa shape index (κ1) is 15.6. The van der Waals surface area contributed by atoms with Crippen molar-refractivity contribution in [1.29, 1.82) is 0 Å². The van der Waals surface area contributed by atoms with Crippen LogP contribution in [0, 0.1) is 5.92 Å². The third-order valence-electron chi connectivity index (χ3n) is 2.82.